The molecule has 2 fully saturated rings. The van der Waals surface area contributed by atoms with Gasteiger partial charge in [0.15, 0.2) is 0 Å². The van der Waals surface area contributed by atoms with E-state index in [2.05, 4.69) is 15.5 Å². The molecule has 4 nitrogen and oxygen atoms in total. The number of benzene rings is 1. The molecule has 4 heteroatoms. The summed E-state index contributed by atoms with van der Waals surface area (Å²) < 4.78 is 0. The average Bonchev–Trinajstić information content (AvgIpc) is 3.07. The van der Waals surface area contributed by atoms with Crippen LogP contribution < -0.4 is 10.6 Å². The first-order chi connectivity index (χ1) is 10.3. The normalized spacial score (nSPS) is 24.7. The molecular formula is C17H23N3O. The molecule has 21 heavy (non-hydrogen) atoms. The summed E-state index contributed by atoms with van der Waals surface area (Å²) in [4.78, 5) is 14.9. The molecule has 0 spiro atoms. The lowest BCUT2D eigenvalue weighted by Crippen LogP contribution is -2.31. The fourth-order valence-electron chi connectivity index (χ4n) is 3.59. The highest BCUT2D eigenvalue weighted by molar-refractivity contribution is 5.95. The third kappa shape index (κ3) is 2.77. The van der Waals surface area contributed by atoms with Crippen molar-refractivity contribution >= 4 is 11.6 Å². The van der Waals surface area contributed by atoms with Gasteiger partial charge in [-0.05, 0) is 61.9 Å². The van der Waals surface area contributed by atoms with Gasteiger partial charge in [-0.1, -0.05) is 0 Å². The van der Waals surface area contributed by atoms with E-state index in [1.165, 1.54) is 43.6 Å². The molecule has 0 radical (unpaired) electrons. The van der Waals surface area contributed by atoms with Gasteiger partial charge in [0.2, 0.25) is 0 Å². The van der Waals surface area contributed by atoms with Gasteiger partial charge in [0.05, 0.1) is 0 Å². The number of hydrogen-bond acceptors (Lipinski definition) is 3. The summed E-state index contributed by atoms with van der Waals surface area (Å²) in [6, 6.07) is 6.85. The van der Waals surface area contributed by atoms with Gasteiger partial charge in [-0.15, -0.1) is 0 Å². The maximum absolute atomic E-state index is 12.3. The molecule has 1 unspecified atom stereocenters. The molecule has 2 N–H and O–H groups in total. The number of anilines is 1. The number of rotatable bonds is 4. The lowest BCUT2D eigenvalue weighted by atomic mass is 10.1. The zero-order valence-electron chi connectivity index (χ0n) is 12.4. The molecular weight excluding hydrogens is 262 g/mol. The Morgan fingerprint density at radius 2 is 2.24 bits per heavy atom. The van der Waals surface area contributed by atoms with Crippen molar-refractivity contribution in [1.29, 1.82) is 0 Å². The highest BCUT2D eigenvalue weighted by Crippen LogP contribution is 2.31. The summed E-state index contributed by atoms with van der Waals surface area (Å²) in [7, 11) is 0. The zero-order valence-corrected chi connectivity index (χ0v) is 12.4. The van der Waals surface area contributed by atoms with E-state index in [0.29, 0.717) is 5.92 Å². The number of nitrogens with zero attached hydrogens (tertiary/aromatic N) is 1. The monoisotopic (exact) mass is 285 g/mol. The first kappa shape index (κ1) is 13.1. The molecule has 1 aromatic rings. The van der Waals surface area contributed by atoms with Crippen molar-refractivity contribution in [2.24, 2.45) is 5.92 Å². The predicted molar refractivity (Wildman–Crippen MR) is 83.7 cm³/mol. The van der Waals surface area contributed by atoms with Gasteiger partial charge in [0.1, 0.15) is 0 Å². The summed E-state index contributed by atoms with van der Waals surface area (Å²) in [6.07, 6.45) is 5.00. The van der Waals surface area contributed by atoms with Crippen LogP contribution in [0, 0.1) is 5.92 Å². The fourth-order valence-corrected chi connectivity index (χ4v) is 3.59. The van der Waals surface area contributed by atoms with Gasteiger partial charge < -0.3 is 15.5 Å². The summed E-state index contributed by atoms with van der Waals surface area (Å²) in [6.45, 7) is 4.19. The van der Waals surface area contributed by atoms with Crippen LogP contribution in [0.15, 0.2) is 18.2 Å². The standard InChI is InChI=1S/C17H23N3O/c21-17(14-1-4-16-13(9-14)5-7-18-16)19-10-12-6-8-20(11-12)15-2-3-15/h1,4,9,12,15,18H,2-3,5-8,10-11H2,(H,19,21). The van der Waals surface area contributed by atoms with E-state index in [9.17, 15) is 4.79 Å². The highest BCUT2D eigenvalue weighted by Gasteiger charge is 2.34. The van der Waals surface area contributed by atoms with Crippen LogP contribution in [0.5, 0.6) is 0 Å². The van der Waals surface area contributed by atoms with Crippen LogP contribution in [0.25, 0.3) is 0 Å². The Balaban J connectivity index is 1.31. The van der Waals surface area contributed by atoms with Crippen LogP contribution in [0.3, 0.4) is 0 Å². The second kappa shape index (κ2) is 5.34. The lowest BCUT2D eigenvalue weighted by Gasteiger charge is -2.15. The van der Waals surface area contributed by atoms with Crippen molar-refractivity contribution in [3.8, 4) is 0 Å². The largest absolute Gasteiger partial charge is 0.384 e. The Morgan fingerprint density at radius 1 is 1.33 bits per heavy atom. The molecule has 1 aliphatic carbocycles. The number of carbonyl (C=O) groups excluding carboxylic acids is 1. The third-order valence-electron chi connectivity index (χ3n) is 5.01. The van der Waals surface area contributed by atoms with Crippen LogP contribution in [-0.4, -0.2) is 43.0 Å². The molecule has 2 aliphatic heterocycles. The van der Waals surface area contributed by atoms with E-state index in [-0.39, 0.29) is 5.91 Å². The Hall–Kier alpha value is -1.55. The highest BCUT2D eigenvalue weighted by atomic mass is 16.1. The molecule has 3 aliphatic rings. The smallest absolute Gasteiger partial charge is 0.251 e. The van der Waals surface area contributed by atoms with Crippen LogP contribution >= 0.6 is 0 Å². The number of nitrogens with one attached hydrogen (secondary N) is 2. The van der Waals surface area contributed by atoms with E-state index in [1.807, 2.05) is 18.2 Å². The second-order valence-electron chi connectivity index (χ2n) is 6.64. The Morgan fingerprint density at radius 3 is 3.10 bits per heavy atom. The predicted octanol–water partition coefficient (Wildman–Crippen LogP) is 1.87. The van der Waals surface area contributed by atoms with Crippen LogP contribution in [0.4, 0.5) is 5.69 Å². The van der Waals surface area contributed by atoms with Crippen molar-refractivity contribution in [1.82, 2.24) is 10.2 Å². The molecule has 4 rings (SSSR count). The Labute approximate surface area is 125 Å². The lowest BCUT2D eigenvalue weighted by molar-refractivity contribution is 0.0947. The first-order valence-corrected chi connectivity index (χ1v) is 8.18. The summed E-state index contributed by atoms with van der Waals surface area (Å²) in [5.74, 6) is 0.709. The molecule has 0 aromatic heterocycles. The minimum absolute atomic E-state index is 0.0783. The Kier molecular flexibility index (Phi) is 3.34. The molecule has 1 aromatic carbocycles. The molecule has 1 amide bonds. The van der Waals surface area contributed by atoms with Gasteiger partial charge in [-0.25, -0.2) is 0 Å². The molecule has 112 valence electrons. The number of fused-ring (bicyclic) bond motifs is 1. The SMILES string of the molecule is O=C(NCC1CCN(C2CC2)C1)c1ccc2c(c1)CCN2. The number of carbonyl (C=O) groups is 1. The van der Waals surface area contributed by atoms with Crippen molar-refractivity contribution in [2.45, 2.75) is 31.7 Å². The minimum Gasteiger partial charge on any atom is -0.384 e. The van der Waals surface area contributed by atoms with Gasteiger partial charge in [-0.3, -0.25) is 4.79 Å². The van der Waals surface area contributed by atoms with Crippen LogP contribution in [0.1, 0.15) is 35.2 Å². The number of amides is 1. The van der Waals surface area contributed by atoms with Gasteiger partial charge in [0.25, 0.3) is 5.91 Å². The number of hydrogen-bond donors (Lipinski definition) is 2. The molecule has 1 saturated heterocycles. The quantitative estimate of drug-likeness (QED) is 0.887. The van der Waals surface area contributed by atoms with Gasteiger partial charge in [0, 0.05) is 36.9 Å². The van der Waals surface area contributed by atoms with Gasteiger partial charge >= 0.3 is 0 Å². The van der Waals surface area contributed by atoms with Crippen molar-refractivity contribution < 1.29 is 4.79 Å². The maximum atomic E-state index is 12.3. The second-order valence-corrected chi connectivity index (χ2v) is 6.64. The van der Waals surface area contributed by atoms with E-state index >= 15 is 0 Å². The average molecular weight is 285 g/mol. The number of likely N-dealkylation sites (tertiary alicyclic amines) is 1. The van der Waals surface area contributed by atoms with E-state index in [0.717, 1.165) is 31.1 Å². The van der Waals surface area contributed by atoms with E-state index in [4.69, 9.17) is 0 Å². The van der Waals surface area contributed by atoms with Crippen molar-refractivity contribution in [2.75, 3.05) is 31.5 Å². The molecule has 1 atom stereocenters. The maximum Gasteiger partial charge on any atom is 0.251 e. The van der Waals surface area contributed by atoms with Crippen molar-refractivity contribution in [3.63, 3.8) is 0 Å². The van der Waals surface area contributed by atoms with Crippen LogP contribution in [0.2, 0.25) is 0 Å². The zero-order chi connectivity index (χ0) is 14.2. The fraction of sp³-hybridized carbons (Fsp3) is 0.588. The molecule has 1 saturated carbocycles. The van der Waals surface area contributed by atoms with Crippen molar-refractivity contribution in [3.05, 3.63) is 29.3 Å². The molecule has 0 bridgehead atoms. The minimum atomic E-state index is 0.0783. The summed E-state index contributed by atoms with van der Waals surface area (Å²) >= 11 is 0. The summed E-state index contributed by atoms with van der Waals surface area (Å²) in [5, 5.41) is 6.45. The first-order valence-electron chi connectivity index (χ1n) is 8.18. The Bertz CT molecular complexity index is 553. The third-order valence-corrected chi connectivity index (χ3v) is 5.01. The topological polar surface area (TPSA) is 44.4 Å². The van der Waals surface area contributed by atoms with Gasteiger partial charge in [-0.2, -0.15) is 0 Å². The van der Waals surface area contributed by atoms with E-state index < -0.39 is 0 Å². The molecule has 2 heterocycles. The van der Waals surface area contributed by atoms with Crippen LogP contribution in [-0.2, 0) is 6.42 Å². The summed E-state index contributed by atoms with van der Waals surface area (Å²) in [5.41, 5.74) is 3.25. The van der Waals surface area contributed by atoms with E-state index in [1.54, 1.807) is 0 Å².